The van der Waals surface area contributed by atoms with Crippen LogP contribution in [0.5, 0.6) is 0 Å². The maximum atomic E-state index is 12.1. The van der Waals surface area contributed by atoms with Crippen molar-refractivity contribution in [3.63, 3.8) is 0 Å². The lowest BCUT2D eigenvalue weighted by Gasteiger charge is -2.25. The summed E-state index contributed by atoms with van der Waals surface area (Å²) in [6.45, 7) is 3.72. The number of carbonyl (C=O) groups is 2. The number of carboxylic acids is 1. The van der Waals surface area contributed by atoms with Crippen molar-refractivity contribution in [3.05, 3.63) is 0 Å². The van der Waals surface area contributed by atoms with Gasteiger partial charge in [0.15, 0.2) is 0 Å². The highest BCUT2D eigenvalue weighted by Crippen LogP contribution is 2.29. The van der Waals surface area contributed by atoms with Crippen LogP contribution < -0.4 is 5.73 Å². The zero-order chi connectivity index (χ0) is 15.5. The van der Waals surface area contributed by atoms with Gasteiger partial charge >= 0.3 is 13.1 Å². The molecule has 1 aliphatic heterocycles. The number of likely N-dealkylation sites (tertiary alicyclic amines) is 1. The maximum absolute atomic E-state index is 12.1. The van der Waals surface area contributed by atoms with E-state index in [4.69, 9.17) is 15.8 Å². The van der Waals surface area contributed by atoms with Crippen molar-refractivity contribution >= 4 is 19.0 Å². The van der Waals surface area contributed by atoms with Gasteiger partial charge in [-0.15, -0.1) is 0 Å². The highest BCUT2D eigenvalue weighted by molar-refractivity contribution is 6.40. The molecule has 5 N–H and O–H groups in total. The molecule has 1 fully saturated rings. The molecule has 0 unspecified atom stereocenters. The highest BCUT2D eigenvalue weighted by Gasteiger charge is 2.41. The Bertz CT molecular complexity index is 369. The molecular weight excluding hydrogens is 263 g/mol. The smallest absolute Gasteiger partial charge is 0.451 e. The lowest BCUT2D eigenvalue weighted by Crippen LogP contribution is -2.50. The molecule has 0 aliphatic carbocycles. The van der Waals surface area contributed by atoms with E-state index in [0.717, 1.165) is 0 Å². The molecule has 0 aromatic rings. The van der Waals surface area contributed by atoms with Crippen molar-refractivity contribution < 1.29 is 24.7 Å². The third-order valence-corrected chi connectivity index (χ3v) is 3.63. The van der Waals surface area contributed by atoms with Crippen molar-refractivity contribution in [2.45, 2.75) is 38.5 Å². The van der Waals surface area contributed by atoms with E-state index in [0.29, 0.717) is 19.4 Å². The van der Waals surface area contributed by atoms with Crippen LogP contribution in [-0.2, 0) is 9.59 Å². The van der Waals surface area contributed by atoms with E-state index in [9.17, 15) is 14.7 Å². The Morgan fingerprint density at radius 1 is 1.35 bits per heavy atom. The minimum atomic E-state index is -1.37. The summed E-state index contributed by atoms with van der Waals surface area (Å²) in [7, 11) is -1.37. The van der Waals surface area contributed by atoms with Gasteiger partial charge in [-0.25, -0.2) is 0 Å². The van der Waals surface area contributed by atoms with Gasteiger partial charge in [-0.1, -0.05) is 6.42 Å². The number of nitrogens with two attached hydrogens (primary N) is 1. The van der Waals surface area contributed by atoms with Gasteiger partial charge in [-0.3, -0.25) is 9.59 Å². The molecule has 0 aromatic carbocycles. The third-order valence-electron chi connectivity index (χ3n) is 3.63. The zero-order valence-electron chi connectivity index (χ0n) is 12.0. The first kappa shape index (κ1) is 16.9. The largest absolute Gasteiger partial charge is 0.481 e. The Morgan fingerprint density at radius 3 is 2.40 bits per heavy atom. The topological polar surface area (TPSA) is 124 Å². The number of carboxylic acid groups (broad SMARTS) is 1. The summed E-state index contributed by atoms with van der Waals surface area (Å²) in [5.41, 5.74) is 4.75. The molecule has 0 aromatic heterocycles. The average molecular weight is 286 g/mol. The monoisotopic (exact) mass is 286 g/mol. The molecule has 7 nitrogen and oxygen atoms in total. The molecule has 0 saturated carbocycles. The Morgan fingerprint density at radius 2 is 1.95 bits per heavy atom. The number of carbonyl (C=O) groups excluding carboxylic acids is 1. The van der Waals surface area contributed by atoms with E-state index in [1.807, 2.05) is 0 Å². The average Bonchev–Trinajstić information content (AvgIpc) is 2.70. The summed E-state index contributed by atoms with van der Waals surface area (Å²) in [6, 6.07) is 0. The number of aliphatic carboxylic acids is 1. The van der Waals surface area contributed by atoms with Crippen molar-refractivity contribution in [1.29, 1.82) is 0 Å². The van der Waals surface area contributed by atoms with Crippen molar-refractivity contribution in [1.82, 2.24) is 4.90 Å². The lowest BCUT2D eigenvalue weighted by molar-refractivity contribution is -0.142. The fourth-order valence-corrected chi connectivity index (χ4v) is 2.58. The summed E-state index contributed by atoms with van der Waals surface area (Å²) < 4.78 is 0. The Balaban J connectivity index is 2.65. The first-order valence-corrected chi connectivity index (χ1v) is 6.80. The molecule has 1 heterocycles. The number of amides is 1. The van der Waals surface area contributed by atoms with Crippen LogP contribution in [0.25, 0.3) is 0 Å². The van der Waals surface area contributed by atoms with Crippen LogP contribution in [0.2, 0.25) is 6.32 Å². The quantitative estimate of drug-likeness (QED) is 0.471. The molecular formula is C12H23BN2O5. The SMILES string of the molecule is CC(C)(N)C(=O)N1C[C@H](CCCB(O)O)[C@H](C(=O)O)C1. The van der Waals surface area contributed by atoms with E-state index in [1.165, 1.54) is 4.90 Å². The number of hydrogen-bond acceptors (Lipinski definition) is 5. The lowest BCUT2D eigenvalue weighted by atomic mass is 9.80. The molecule has 20 heavy (non-hydrogen) atoms. The van der Waals surface area contributed by atoms with E-state index in [-0.39, 0.29) is 24.7 Å². The number of hydrogen-bond donors (Lipinski definition) is 4. The number of rotatable bonds is 6. The zero-order valence-corrected chi connectivity index (χ0v) is 12.0. The van der Waals surface area contributed by atoms with Crippen LogP contribution in [0.3, 0.4) is 0 Å². The van der Waals surface area contributed by atoms with Gasteiger partial charge < -0.3 is 25.8 Å². The van der Waals surface area contributed by atoms with Crippen LogP contribution in [-0.4, -0.2) is 57.7 Å². The van der Waals surface area contributed by atoms with E-state index in [1.54, 1.807) is 13.8 Å². The molecule has 0 bridgehead atoms. The Kier molecular flexibility index (Phi) is 5.55. The van der Waals surface area contributed by atoms with Gasteiger partial charge in [0.1, 0.15) is 0 Å². The first-order chi connectivity index (χ1) is 9.12. The predicted octanol–water partition coefficient (Wildman–Crippen LogP) is -0.864. The molecule has 1 saturated heterocycles. The van der Waals surface area contributed by atoms with Crippen molar-refractivity contribution in [3.8, 4) is 0 Å². The van der Waals surface area contributed by atoms with Gasteiger partial charge in [0.2, 0.25) is 5.91 Å². The van der Waals surface area contributed by atoms with E-state index < -0.39 is 24.5 Å². The summed E-state index contributed by atoms with van der Waals surface area (Å²) >= 11 is 0. The van der Waals surface area contributed by atoms with Crippen molar-refractivity contribution in [2.75, 3.05) is 13.1 Å². The molecule has 1 aliphatic rings. The van der Waals surface area contributed by atoms with Crippen LogP contribution in [0, 0.1) is 11.8 Å². The summed E-state index contributed by atoms with van der Waals surface area (Å²) in [4.78, 5) is 24.8. The second kappa shape index (κ2) is 6.56. The molecule has 1 rings (SSSR count). The fourth-order valence-electron chi connectivity index (χ4n) is 2.58. The first-order valence-electron chi connectivity index (χ1n) is 6.80. The molecule has 114 valence electrons. The normalized spacial score (nSPS) is 22.9. The Hall–Kier alpha value is -1.12. The van der Waals surface area contributed by atoms with Crippen LogP contribution in [0.1, 0.15) is 26.7 Å². The van der Waals surface area contributed by atoms with Gasteiger partial charge in [-0.2, -0.15) is 0 Å². The molecule has 1 amide bonds. The van der Waals surface area contributed by atoms with Crippen LogP contribution in [0.4, 0.5) is 0 Å². The van der Waals surface area contributed by atoms with Crippen LogP contribution >= 0.6 is 0 Å². The van der Waals surface area contributed by atoms with Gasteiger partial charge in [-0.05, 0) is 32.5 Å². The Labute approximate surface area is 118 Å². The number of nitrogens with zero attached hydrogens (tertiary/aromatic N) is 1. The third kappa shape index (κ3) is 4.47. The molecule has 2 atom stereocenters. The van der Waals surface area contributed by atoms with Crippen molar-refractivity contribution in [2.24, 2.45) is 17.6 Å². The summed E-state index contributed by atoms with van der Waals surface area (Å²) in [6.07, 6.45) is 1.27. The van der Waals surface area contributed by atoms with Gasteiger partial charge in [0, 0.05) is 13.1 Å². The minimum Gasteiger partial charge on any atom is -0.481 e. The molecule has 0 spiro atoms. The minimum absolute atomic E-state index is 0.168. The summed E-state index contributed by atoms with van der Waals surface area (Å²) in [5, 5.41) is 26.8. The highest BCUT2D eigenvalue weighted by atomic mass is 16.4. The molecule has 0 radical (unpaired) electrons. The second-order valence-corrected chi connectivity index (χ2v) is 6.05. The fraction of sp³-hybridized carbons (Fsp3) is 0.833. The standard InChI is InChI=1S/C12H23BN2O5/c1-12(2,14)11(18)15-6-8(4-3-5-13(19)20)9(7-15)10(16)17/h8-9,19-20H,3-7,14H2,1-2H3,(H,16,17)/t8-,9+/m0/s1. The second-order valence-electron chi connectivity index (χ2n) is 6.05. The van der Waals surface area contributed by atoms with E-state index in [2.05, 4.69) is 0 Å². The van der Waals surface area contributed by atoms with E-state index >= 15 is 0 Å². The van der Waals surface area contributed by atoms with Gasteiger partial charge in [0.05, 0.1) is 11.5 Å². The summed E-state index contributed by atoms with van der Waals surface area (Å²) in [5.74, 6) is -1.96. The maximum Gasteiger partial charge on any atom is 0.451 e. The van der Waals surface area contributed by atoms with Crippen LogP contribution in [0.15, 0.2) is 0 Å². The molecule has 8 heteroatoms. The predicted molar refractivity (Wildman–Crippen MR) is 73.7 cm³/mol. The van der Waals surface area contributed by atoms with Gasteiger partial charge in [0.25, 0.3) is 0 Å².